The van der Waals surface area contributed by atoms with E-state index < -0.39 is 34.1 Å². The summed E-state index contributed by atoms with van der Waals surface area (Å²) in [6, 6.07) is 11.5. The predicted molar refractivity (Wildman–Crippen MR) is 145 cm³/mol. The molecule has 10 heteroatoms. The minimum absolute atomic E-state index is 0.0919. The number of amides is 2. The summed E-state index contributed by atoms with van der Waals surface area (Å²) >= 11 is 0. The molecular formula is C27H39N3O6S. The minimum Gasteiger partial charge on any atom is -0.497 e. The van der Waals surface area contributed by atoms with Crippen molar-refractivity contribution < 1.29 is 27.5 Å². The summed E-state index contributed by atoms with van der Waals surface area (Å²) in [5.41, 5.74) is 1.30. The highest BCUT2D eigenvalue weighted by Gasteiger charge is 2.33. The average Bonchev–Trinajstić information content (AvgIpc) is 2.80. The molecule has 9 nitrogen and oxygen atoms in total. The number of ether oxygens (including phenoxy) is 2. The first-order valence-corrected chi connectivity index (χ1v) is 13.9. The fourth-order valence-corrected chi connectivity index (χ4v) is 4.77. The molecule has 0 radical (unpaired) electrons. The summed E-state index contributed by atoms with van der Waals surface area (Å²) in [6.07, 6.45) is 1.38. The van der Waals surface area contributed by atoms with Gasteiger partial charge in [-0.15, -0.1) is 0 Å². The van der Waals surface area contributed by atoms with Crippen LogP contribution in [0.5, 0.6) is 11.5 Å². The number of carbonyl (C=O) groups excluding carboxylic acids is 2. The maximum Gasteiger partial charge on any atom is 0.244 e. The lowest BCUT2D eigenvalue weighted by Gasteiger charge is -2.34. The van der Waals surface area contributed by atoms with Gasteiger partial charge >= 0.3 is 0 Å². The molecule has 204 valence electrons. The molecule has 1 N–H and O–H groups in total. The zero-order chi connectivity index (χ0) is 28.0. The summed E-state index contributed by atoms with van der Waals surface area (Å²) in [7, 11) is -0.887. The summed E-state index contributed by atoms with van der Waals surface area (Å²) in [5.74, 6) is 0.0954. The molecule has 0 spiro atoms. The van der Waals surface area contributed by atoms with E-state index in [-0.39, 0.29) is 18.1 Å². The van der Waals surface area contributed by atoms with Crippen molar-refractivity contribution >= 4 is 27.5 Å². The number of aryl methyl sites for hydroxylation is 1. The zero-order valence-corrected chi connectivity index (χ0v) is 23.8. The van der Waals surface area contributed by atoms with E-state index in [1.807, 2.05) is 40.7 Å². The Morgan fingerprint density at radius 2 is 1.73 bits per heavy atom. The van der Waals surface area contributed by atoms with Gasteiger partial charge in [-0.25, -0.2) is 8.42 Å². The number of methoxy groups -OCH3 is 2. The molecule has 0 aliphatic rings. The summed E-state index contributed by atoms with van der Waals surface area (Å²) in [5, 5.41) is 2.95. The van der Waals surface area contributed by atoms with Gasteiger partial charge in [-0.1, -0.05) is 25.1 Å². The van der Waals surface area contributed by atoms with Crippen molar-refractivity contribution in [2.75, 3.05) is 31.3 Å². The van der Waals surface area contributed by atoms with E-state index in [4.69, 9.17) is 9.47 Å². The maximum atomic E-state index is 13.9. The van der Waals surface area contributed by atoms with E-state index in [0.29, 0.717) is 17.9 Å². The number of hydrogen-bond acceptors (Lipinski definition) is 6. The molecule has 0 aliphatic carbocycles. The van der Waals surface area contributed by atoms with Crippen molar-refractivity contribution in [3.05, 3.63) is 53.6 Å². The third-order valence-electron chi connectivity index (χ3n) is 5.65. The molecule has 2 aromatic carbocycles. The topological polar surface area (TPSA) is 105 Å². The van der Waals surface area contributed by atoms with Gasteiger partial charge in [0.2, 0.25) is 21.8 Å². The van der Waals surface area contributed by atoms with Crippen LogP contribution in [0.15, 0.2) is 42.5 Å². The van der Waals surface area contributed by atoms with E-state index in [2.05, 4.69) is 5.32 Å². The molecular weight excluding hydrogens is 494 g/mol. The Kier molecular flexibility index (Phi) is 9.97. The summed E-state index contributed by atoms with van der Waals surface area (Å²) in [6.45, 7) is 8.82. The first-order valence-electron chi connectivity index (χ1n) is 12.1. The maximum absolute atomic E-state index is 13.9. The largest absolute Gasteiger partial charge is 0.497 e. The Morgan fingerprint density at radius 1 is 1.05 bits per heavy atom. The quantitative estimate of drug-likeness (QED) is 0.474. The summed E-state index contributed by atoms with van der Waals surface area (Å²) in [4.78, 5) is 28.5. The first-order chi connectivity index (χ1) is 17.2. The lowest BCUT2D eigenvalue weighted by molar-refractivity contribution is -0.141. The number of sulfonamides is 1. The van der Waals surface area contributed by atoms with E-state index in [0.717, 1.165) is 21.7 Å². The Hall–Kier alpha value is -3.27. The lowest BCUT2D eigenvalue weighted by atomic mass is 10.1. The van der Waals surface area contributed by atoms with E-state index in [9.17, 15) is 18.0 Å². The first kappa shape index (κ1) is 30.0. The number of carbonyl (C=O) groups is 2. The van der Waals surface area contributed by atoms with Crippen LogP contribution < -0.4 is 19.1 Å². The molecule has 0 aromatic heterocycles. The van der Waals surface area contributed by atoms with Crippen LogP contribution in [0.3, 0.4) is 0 Å². The molecule has 0 aliphatic heterocycles. The summed E-state index contributed by atoms with van der Waals surface area (Å²) < 4.78 is 37.5. The van der Waals surface area contributed by atoms with Gasteiger partial charge < -0.3 is 19.7 Å². The van der Waals surface area contributed by atoms with Crippen molar-refractivity contribution in [2.24, 2.45) is 0 Å². The van der Waals surface area contributed by atoms with Crippen LogP contribution in [0.4, 0.5) is 5.69 Å². The van der Waals surface area contributed by atoms with Gasteiger partial charge in [0.25, 0.3) is 0 Å². The molecule has 1 atom stereocenters. The molecule has 37 heavy (non-hydrogen) atoms. The third-order valence-corrected chi connectivity index (χ3v) is 6.78. The van der Waals surface area contributed by atoms with Crippen molar-refractivity contribution in [3.8, 4) is 11.5 Å². The highest BCUT2D eigenvalue weighted by molar-refractivity contribution is 7.92. The van der Waals surface area contributed by atoms with Crippen LogP contribution in [0.2, 0.25) is 0 Å². The molecule has 2 rings (SSSR count). The van der Waals surface area contributed by atoms with Crippen LogP contribution in [-0.4, -0.2) is 63.7 Å². The Morgan fingerprint density at radius 3 is 2.27 bits per heavy atom. The normalized spacial score (nSPS) is 12.4. The molecule has 2 aromatic rings. The van der Waals surface area contributed by atoms with Gasteiger partial charge in [-0.3, -0.25) is 13.9 Å². The van der Waals surface area contributed by atoms with Crippen LogP contribution >= 0.6 is 0 Å². The molecule has 0 heterocycles. The highest BCUT2D eigenvalue weighted by atomic mass is 32.2. The second kappa shape index (κ2) is 12.3. The second-order valence-electron chi connectivity index (χ2n) is 9.98. The molecule has 0 fully saturated rings. The fraction of sp³-hybridized carbons (Fsp3) is 0.481. The number of nitrogens with zero attached hydrogens (tertiary/aromatic N) is 2. The SMILES string of the molecule is CC[C@@H](C(=O)NC(C)(C)C)N(Cc1cccc(OC)c1)C(=O)CN(c1cc(C)ccc1OC)S(C)(=O)=O. The molecule has 0 saturated heterocycles. The van der Waals surface area contributed by atoms with Crippen LogP contribution in [0.25, 0.3) is 0 Å². The Bertz CT molecular complexity index is 1210. The van der Waals surface area contributed by atoms with Crippen LogP contribution in [-0.2, 0) is 26.2 Å². The zero-order valence-electron chi connectivity index (χ0n) is 23.0. The molecule has 0 bridgehead atoms. The van der Waals surface area contributed by atoms with Crippen LogP contribution in [0, 0.1) is 6.92 Å². The average molecular weight is 534 g/mol. The van der Waals surface area contributed by atoms with Gasteiger partial charge in [0.15, 0.2) is 0 Å². The van der Waals surface area contributed by atoms with Crippen molar-refractivity contribution in [1.82, 2.24) is 10.2 Å². The monoisotopic (exact) mass is 533 g/mol. The second-order valence-corrected chi connectivity index (χ2v) is 11.9. The van der Waals surface area contributed by atoms with Gasteiger partial charge in [0.1, 0.15) is 24.1 Å². The van der Waals surface area contributed by atoms with Gasteiger partial charge in [0, 0.05) is 12.1 Å². The number of benzene rings is 2. The number of hydrogen-bond donors (Lipinski definition) is 1. The van der Waals surface area contributed by atoms with Crippen LogP contribution in [0.1, 0.15) is 45.2 Å². The van der Waals surface area contributed by atoms with E-state index in [1.165, 1.54) is 12.0 Å². The number of nitrogens with one attached hydrogen (secondary N) is 1. The van der Waals surface area contributed by atoms with Crippen molar-refractivity contribution in [1.29, 1.82) is 0 Å². The van der Waals surface area contributed by atoms with Crippen molar-refractivity contribution in [2.45, 2.75) is 59.2 Å². The van der Waals surface area contributed by atoms with E-state index in [1.54, 1.807) is 43.5 Å². The Labute approximate surface area is 220 Å². The third kappa shape index (κ3) is 8.38. The number of rotatable bonds is 11. The molecule has 2 amide bonds. The Balaban J connectivity index is 2.55. The predicted octanol–water partition coefficient (Wildman–Crippen LogP) is 3.50. The fourth-order valence-electron chi connectivity index (χ4n) is 3.93. The highest BCUT2D eigenvalue weighted by Crippen LogP contribution is 2.31. The number of anilines is 1. The van der Waals surface area contributed by atoms with Crippen molar-refractivity contribution in [3.63, 3.8) is 0 Å². The van der Waals surface area contributed by atoms with E-state index >= 15 is 0 Å². The lowest BCUT2D eigenvalue weighted by Crippen LogP contribution is -2.55. The van der Waals surface area contributed by atoms with Gasteiger partial charge in [0.05, 0.1) is 26.2 Å². The minimum atomic E-state index is -3.88. The molecule has 0 unspecified atom stereocenters. The van der Waals surface area contributed by atoms with Gasteiger partial charge in [-0.05, 0) is 69.5 Å². The standard InChI is InChI=1S/C27H39N3O6S/c1-9-22(26(32)28-27(3,4)5)29(17-20-11-10-12-21(16-20)35-6)25(31)18-30(37(8,33)34)23-15-19(2)13-14-24(23)36-7/h10-16,22H,9,17-18H2,1-8H3,(H,28,32)/t22-/m0/s1. The molecule has 0 saturated carbocycles. The van der Waals surface area contributed by atoms with Gasteiger partial charge in [-0.2, -0.15) is 0 Å². The smallest absolute Gasteiger partial charge is 0.244 e.